The first-order chi connectivity index (χ1) is 11.6. The van der Waals surface area contributed by atoms with Gasteiger partial charge in [-0.05, 0) is 24.1 Å². The normalized spacial score (nSPS) is 13.7. The predicted molar refractivity (Wildman–Crippen MR) is 93.0 cm³/mol. The number of benzene rings is 1. The molecule has 0 saturated carbocycles. The summed E-state index contributed by atoms with van der Waals surface area (Å²) in [5.74, 6) is -0.335. The first kappa shape index (κ1) is 20.1. The van der Waals surface area contributed by atoms with Crippen LogP contribution in [0, 0.1) is 5.82 Å². The molecule has 1 aromatic carbocycles. The third-order valence-electron chi connectivity index (χ3n) is 3.60. The van der Waals surface area contributed by atoms with E-state index in [1.807, 2.05) is 0 Å². The maximum absolute atomic E-state index is 12.8. The van der Waals surface area contributed by atoms with Crippen LogP contribution < -0.4 is 10.6 Å². The van der Waals surface area contributed by atoms with E-state index in [2.05, 4.69) is 17.6 Å². The summed E-state index contributed by atoms with van der Waals surface area (Å²) < 4.78 is 12.8. The van der Waals surface area contributed by atoms with Gasteiger partial charge in [0.25, 0.3) is 0 Å². The highest BCUT2D eigenvalue weighted by Crippen LogP contribution is 2.06. The number of nitrogens with one attached hydrogen (secondary N) is 2. The summed E-state index contributed by atoms with van der Waals surface area (Å²) in [6.45, 7) is 2.29. The summed E-state index contributed by atoms with van der Waals surface area (Å²) in [5.41, 5.74) is 0.715. The van der Waals surface area contributed by atoms with E-state index in [9.17, 15) is 19.4 Å². The quantitative estimate of drug-likeness (QED) is 0.495. The Morgan fingerprint density at radius 2 is 1.96 bits per heavy atom. The molecule has 0 radical (unpaired) electrons. The number of rotatable bonds is 10. The van der Waals surface area contributed by atoms with Crippen LogP contribution in [0.5, 0.6) is 0 Å². The molecule has 0 aliphatic rings. The lowest BCUT2D eigenvalue weighted by Crippen LogP contribution is -2.49. The van der Waals surface area contributed by atoms with Gasteiger partial charge in [0.2, 0.25) is 0 Å². The van der Waals surface area contributed by atoms with Crippen LogP contribution in [0.3, 0.4) is 0 Å². The number of aliphatic hydroxyl groups is 2. The molecule has 5 nitrogen and oxygen atoms in total. The lowest BCUT2D eigenvalue weighted by Gasteiger charge is -2.20. The molecule has 0 saturated heterocycles. The molecular formula is C18H27FN2O3. The van der Waals surface area contributed by atoms with E-state index in [1.54, 1.807) is 18.2 Å². The molecule has 6 heteroatoms. The van der Waals surface area contributed by atoms with Crippen molar-refractivity contribution in [3.05, 3.63) is 41.7 Å². The van der Waals surface area contributed by atoms with Gasteiger partial charge in [0.15, 0.2) is 0 Å². The molecule has 2 unspecified atom stereocenters. The average molecular weight is 338 g/mol. The molecule has 134 valence electrons. The molecular weight excluding hydrogens is 311 g/mol. The monoisotopic (exact) mass is 338 g/mol. The van der Waals surface area contributed by atoms with Gasteiger partial charge in [-0.3, -0.25) is 0 Å². The van der Waals surface area contributed by atoms with Gasteiger partial charge in [-0.25, -0.2) is 9.18 Å². The second kappa shape index (κ2) is 11.6. The molecule has 0 fully saturated rings. The fraction of sp³-hybridized carbons (Fsp3) is 0.500. The highest BCUT2D eigenvalue weighted by Gasteiger charge is 2.17. The molecule has 4 N–H and O–H groups in total. The van der Waals surface area contributed by atoms with E-state index in [1.165, 1.54) is 18.2 Å². The van der Waals surface area contributed by atoms with E-state index in [0.717, 1.165) is 25.7 Å². The topological polar surface area (TPSA) is 81.6 Å². The number of carbonyl (C=O) groups excluding carboxylic acids is 1. The Hall–Kier alpha value is -1.92. The van der Waals surface area contributed by atoms with Crippen molar-refractivity contribution in [2.75, 3.05) is 13.2 Å². The second-order valence-electron chi connectivity index (χ2n) is 5.65. The maximum atomic E-state index is 12.8. The number of hydrogen-bond acceptors (Lipinski definition) is 3. The fourth-order valence-electron chi connectivity index (χ4n) is 2.13. The molecule has 0 aliphatic heterocycles. The third kappa shape index (κ3) is 8.08. The van der Waals surface area contributed by atoms with Crippen LogP contribution in [0.1, 0.15) is 38.2 Å². The smallest absolute Gasteiger partial charge is 0.315 e. The van der Waals surface area contributed by atoms with Crippen LogP contribution in [0.15, 0.2) is 30.3 Å². The van der Waals surface area contributed by atoms with Crippen LogP contribution in [0.4, 0.5) is 9.18 Å². The summed E-state index contributed by atoms with van der Waals surface area (Å²) in [6, 6.07) is 4.56. The van der Waals surface area contributed by atoms with Crippen molar-refractivity contribution in [3.63, 3.8) is 0 Å². The predicted octanol–water partition coefficient (Wildman–Crippen LogP) is 2.44. The third-order valence-corrected chi connectivity index (χ3v) is 3.60. The molecule has 24 heavy (non-hydrogen) atoms. The number of amides is 2. The molecule has 2 atom stereocenters. The van der Waals surface area contributed by atoms with Gasteiger partial charge in [-0.1, -0.05) is 50.5 Å². The average Bonchev–Trinajstić information content (AvgIpc) is 2.58. The summed E-state index contributed by atoms with van der Waals surface area (Å²) in [4.78, 5) is 11.8. The Balaban J connectivity index is 2.40. The van der Waals surface area contributed by atoms with Gasteiger partial charge in [0, 0.05) is 6.54 Å². The molecule has 1 aromatic rings. The van der Waals surface area contributed by atoms with Gasteiger partial charge < -0.3 is 20.8 Å². The minimum Gasteiger partial charge on any atom is -0.394 e. The summed E-state index contributed by atoms with van der Waals surface area (Å²) in [7, 11) is 0. The van der Waals surface area contributed by atoms with E-state index < -0.39 is 24.8 Å². The van der Waals surface area contributed by atoms with Crippen molar-refractivity contribution in [2.24, 2.45) is 0 Å². The van der Waals surface area contributed by atoms with Crippen molar-refractivity contribution >= 4 is 12.1 Å². The van der Waals surface area contributed by atoms with Gasteiger partial charge in [0.05, 0.1) is 18.8 Å². The first-order valence-corrected chi connectivity index (χ1v) is 8.34. The minimum atomic E-state index is -1.05. The van der Waals surface area contributed by atoms with Crippen molar-refractivity contribution in [1.82, 2.24) is 10.6 Å². The Bertz CT molecular complexity index is 505. The lowest BCUT2D eigenvalue weighted by molar-refractivity contribution is 0.126. The highest BCUT2D eigenvalue weighted by atomic mass is 19.1. The van der Waals surface area contributed by atoms with E-state index >= 15 is 0 Å². The van der Waals surface area contributed by atoms with E-state index in [4.69, 9.17) is 0 Å². The van der Waals surface area contributed by atoms with E-state index in [0.29, 0.717) is 12.1 Å². The Labute approximate surface area is 142 Å². The van der Waals surface area contributed by atoms with Gasteiger partial charge >= 0.3 is 6.03 Å². The standard InChI is InChI=1S/C18H27FN2O3/c1-2-3-4-5-12-20-18(24)21-16(13-22)17(23)11-8-14-6-9-15(19)10-7-14/h6-11,16-17,22-23H,2-5,12-13H2,1H3,(H2,20,21,24). The summed E-state index contributed by atoms with van der Waals surface area (Å²) >= 11 is 0. The Kier molecular flexibility index (Phi) is 9.72. The highest BCUT2D eigenvalue weighted by molar-refractivity contribution is 5.74. The number of unbranched alkanes of at least 4 members (excludes halogenated alkanes) is 3. The number of carbonyl (C=O) groups is 1. The Morgan fingerprint density at radius 1 is 1.25 bits per heavy atom. The molecule has 0 heterocycles. The first-order valence-electron chi connectivity index (χ1n) is 8.34. The van der Waals surface area contributed by atoms with Gasteiger partial charge in [-0.2, -0.15) is 0 Å². The number of urea groups is 1. The number of aliphatic hydroxyl groups excluding tert-OH is 2. The molecule has 1 rings (SSSR count). The SMILES string of the molecule is CCCCCCNC(=O)NC(CO)C(O)C=Cc1ccc(F)cc1. The molecule has 2 amide bonds. The maximum Gasteiger partial charge on any atom is 0.315 e. The molecule has 0 spiro atoms. The molecule has 0 bridgehead atoms. The molecule has 0 aliphatic carbocycles. The van der Waals surface area contributed by atoms with Crippen LogP contribution in [-0.2, 0) is 0 Å². The van der Waals surface area contributed by atoms with Gasteiger partial charge in [0.1, 0.15) is 5.82 Å². The lowest BCUT2D eigenvalue weighted by atomic mass is 10.1. The van der Waals surface area contributed by atoms with Crippen molar-refractivity contribution < 1.29 is 19.4 Å². The summed E-state index contributed by atoms with van der Waals surface area (Å²) in [6.07, 6.45) is 6.24. The van der Waals surface area contributed by atoms with Crippen LogP contribution in [0.25, 0.3) is 6.08 Å². The van der Waals surface area contributed by atoms with Crippen LogP contribution in [0.2, 0.25) is 0 Å². The zero-order valence-electron chi connectivity index (χ0n) is 14.0. The number of halogens is 1. The van der Waals surface area contributed by atoms with Crippen molar-refractivity contribution in [1.29, 1.82) is 0 Å². The van der Waals surface area contributed by atoms with Gasteiger partial charge in [-0.15, -0.1) is 0 Å². The van der Waals surface area contributed by atoms with E-state index in [-0.39, 0.29) is 5.82 Å². The Morgan fingerprint density at radius 3 is 2.58 bits per heavy atom. The zero-order chi connectivity index (χ0) is 17.8. The zero-order valence-corrected chi connectivity index (χ0v) is 14.0. The van der Waals surface area contributed by atoms with Crippen molar-refractivity contribution in [3.8, 4) is 0 Å². The largest absolute Gasteiger partial charge is 0.394 e. The number of hydrogen-bond donors (Lipinski definition) is 4. The second-order valence-corrected chi connectivity index (χ2v) is 5.65. The van der Waals surface area contributed by atoms with Crippen LogP contribution in [-0.4, -0.2) is 41.5 Å². The minimum absolute atomic E-state index is 0.335. The van der Waals surface area contributed by atoms with Crippen LogP contribution >= 0.6 is 0 Å². The fourth-order valence-corrected chi connectivity index (χ4v) is 2.13. The molecule has 0 aromatic heterocycles. The summed E-state index contributed by atoms with van der Waals surface area (Å²) in [5, 5.41) is 24.6. The van der Waals surface area contributed by atoms with Crippen molar-refractivity contribution in [2.45, 2.75) is 44.8 Å².